The normalized spacial score (nSPS) is 17.9. The monoisotopic (exact) mass is 328 g/mol. The molecule has 0 spiro atoms. The summed E-state index contributed by atoms with van der Waals surface area (Å²) in [6.07, 6.45) is 0.919. The Morgan fingerprint density at radius 2 is 1.96 bits per heavy atom. The van der Waals surface area contributed by atoms with Crippen LogP contribution >= 0.6 is 11.6 Å². The fraction of sp³-hybridized carbons (Fsp3) is 0.316. The zero-order chi connectivity index (χ0) is 16.4. The van der Waals surface area contributed by atoms with E-state index in [-0.39, 0.29) is 18.0 Å². The molecular formula is C19H21ClN2O. The predicted molar refractivity (Wildman–Crippen MR) is 95.0 cm³/mol. The molecule has 0 saturated heterocycles. The van der Waals surface area contributed by atoms with Crippen LogP contribution < -0.4 is 10.2 Å². The van der Waals surface area contributed by atoms with Crippen LogP contribution in [0.1, 0.15) is 31.0 Å². The van der Waals surface area contributed by atoms with Crippen molar-refractivity contribution in [3.8, 4) is 0 Å². The van der Waals surface area contributed by atoms with Crippen molar-refractivity contribution in [2.24, 2.45) is 0 Å². The second-order valence-electron chi connectivity index (χ2n) is 6.07. The molecule has 0 aliphatic carbocycles. The lowest BCUT2D eigenvalue weighted by molar-refractivity contribution is -0.118. The largest absolute Gasteiger partial charge is 0.308 e. The van der Waals surface area contributed by atoms with Gasteiger partial charge in [0.1, 0.15) is 0 Å². The van der Waals surface area contributed by atoms with Crippen molar-refractivity contribution in [1.82, 2.24) is 5.32 Å². The van der Waals surface area contributed by atoms with Gasteiger partial charge in [-0.2, -0.15) is 0 Å². The zero-order valence-electron chi connectivity index (χ0n) is 13.4. The maximum atomic E-state index is 12.7. The molecule has 3 nitrogen and oxygen atoms in total. The zero-order valence-corrected chi connectivity index (χ0v) is 14.2. The van der Waals surface area contributed by atoms with Crippen LogP contribution in [0.25, 0.3) is 0 Å². The van der Waals surface area contributed by atoms with Gasteiger partial charge >= 0.3 is 0 Å². The van der Waals surface area contributed by atoms with Gasteiger partial charge in [-0.15, -0.1) is 0 Å². The van der Waals surface area contributed by atoms with Crippen molar-refractivity contribution < 1.29 is 4.79 Å². The molecule has 2 aromatic rings. The van der Waals surface area contributed by atoms with E-state index in [1.165, 1.54) is 5.56 Å². The van der Waals surface area contributed by atoms with Gasteiger partial charge in [0, 0.05) is 22.8 Å². The summed E-state index contributed by atoms with van der Waals surface area (Å²) in [7, 11) is 0. The molecule has 0 fully saturated rings. The number of fused-ring (bicyclic) bond motifs is 1. The third-order valence-corrected chi connectivity index (χ3v) is 4.75. The minimum absolute atomic E-state index is 0.0285. The van der Waals surface area contributed by atoms with E-state index >= 15 is 0 Å². The van der Waals surface area contributed by atoms with Gasteiger partial charge < -0.3 is 10.2 Å². The van der Waals surface area contributed by atoms with E-state index in [2.05, 4.69) is 18.3 Å². The topological polar surface area (TPSA) is 32.3 Å². The fourth-order valence-corrected chi connectivity index (χ4v) is 3.51. The van der Waals surface area contributed by atoms with E-state index in [4.69, 9.17) is 11.6 Å². The van der Waals surface area contributed by atoms with Crippen LogP contribution in [-0.4, -0.2) is 18.5 Å². The molecule has 3 rings (SSSR count). The van der Waals surface area contributed by atoms with E-state index < -0.39 is 0 Å². The summed E-state index contributed by atoms with van der Waals surface area (Å²) in [5.41, 5.74) is 3.29. The summed E-state index contributed by atoms with van der Waals surface area (Å²) in [5.74, 6) is 0.0985. The molecule has 0 saturated carbocycles. The summed E-state index contributed by atoms with van der Waals surface area (Å²) in [5, 5.41) is 4.01. The average molecular weight is 329 g/mol. The molecule has 4 heteroatoms. The highest BCUT2D eigenvalue weighted by molar-refractivity contribution is 6.31. The Hall–Kier alpha value is -1.84. The predicted octanol–water partition coefficient (Wildman–Crippen LogP) is 3.97. The number of para-hydroxylation sites is 1. The number of rotatable bonds is 4. The maximum absolute atomic E-state index is 12.7. The highest BCUT2D eigenvalue weighted by atomic mass is 35.5. The summed E-state index contributed by atoms with van der Waals surface area (Å²) in [6, 6.07) is 16.1. The van der Waals surface area contributed by atoms with Crippen molar-refractivity contribution in [3.05, 3.63) is 64.7 Å². The van der Waals surface area contributed by atoms with E-state index in [1.807, 2.05) is 54.3 Å². The van der Waals surface area contributed by atoms with Crippen molar-refractivity contribution >= 4 is 23.2 Å². The molecule has 23 heavy (non-hydrogen) atoms. The molecule has 0 radical (unpaired) electrons. The smallest absolute Gasteiger partial charge is 0.241 e. The number of nitrogens with one attached hydrogen (secondary N) is 1. The summed E-state index contributed by atoms with van der Waals surface area (Å²) in [6.45, 7) is 4.41. The molecule has 1 aliphatic heterocycles. The first-order valence-corrected chi connectivity index (χ1v) is 8.33. The first-order valence-electron chi connectivity index (χ1n) is 7.95. The summed E-state index contributed by atoms with van der Waals surface area (Å²) >= 11 is 6.22. The molecule has 120 valence electrons. The molecule has 1 heterocycles. The number of carbonyl (C=O) groups excluding carboxylic acids is 1. The number of benzene rings is 2. The summed E-state index contributed by atoms with van der Waals surface area (Å²) in [4.78, 5) is 14.6. The SMILES string of the molecule is C[C@H](NCC(=O)N1c2ccccc2C[C@@H]1C)c1ccccc1Cl. The van der Waals surface area contributed by atoms with E-state index in [9.17, 15) is 4.79 Å². The van der Waals surface area contributed by atoms with Crippen LogP contribution in [-0.2, 0) is 11.2 Å². The average Bonchev–Trinajstić information content (AvgIpc) is 2.88. The Kier molecular flexibility index (Phi) is 4.69. The van der Waals surface area contributed by atoms with Gasteiger partial charge in [-0.05, 0) is 43.5 Å². The second kappa shape index (κ2) is 6.73. The van der Waals surface area contributed by atoms with Gasteiger partial charge in [0.15, 0.2) is 0 Å². The molecule has 1 N–H and O–H groups in total. The van der Waals surface area contributed by atoms with Crippen LogP contribution in [0.4, 0.5) is 5.69 Å². The highest BCUT2D eigenvalue weighted by Gasteiger charge is 2.30. The Morgan fingerprint density at radius 3 is 2.74 bits per heavy atom. The second-order valence-corrected chi connectivity index (χ2v) is 6.48. The Bertz CT molecular complexity index is 716. The fourth-order valence-electron chi connectivity index (χ4n) is 3.21. The van der Waals surface area contributed by atoms with E-state index in [1.54, 1.807) is 0 Å². The summed E-state index contributed by atoms with van der Waals surface area (Å²) < 4.78 is 0. The Morgan fingerprint density at radius 1 is 1.26 bits per heavy atom. The van der Waals surface area contributed by atoms with Gasteiger partial charge in [0.05, 0.1) is 6.54 Å². The molecule has 2 atom stereocenters. The van der Waals surface area contributed by atoms with Gasteiger partial charge in [-0.25, -0.2) is 0 Å². The minimum atomic E-state index is 0.0285. The van der Waals surface area contributed by atoms with Crippen LogP contribution in [0.5, 0.6) is 0 Å². The maximum Gasteiger partial charge on any atom is 0.241 e. The van der Waals surface area contributed by atoms with Gasteiger partial charge in [-0.1, -0.05) is 48.0 Å². The number of hydrogen-bond acceptors (Lipinski definition) is 2. The van der Waals surface area contributed by atoms with Crippen LogP contribution in [0, 0.1) is 0 Å². The van der Waals surface area contributed by atoms with E-state index in [0.29, 0.717) is 6.54 Å². The van der Waals surface area contributed by atoms with Crippen molar-refractivity contribution in [2.45, 2.75) is 32.4 Å². The third-order valence-electron chi connectivity index (χ3n) is 4.41. The minimum Gasteiger partial charge on any atom is -0.308 e. The number of halogens is 1. The first kappa shape index (κ1) is 16.0. The van der Waals surface area contributed by atoms with Crippen molar-refractivity contribution in [3.63, 3.8) is 0 Å². The third kappa shape index (κ3) is 3.26. The number of nitrogens with zero attached hydrogens (tertiary/aromatic N) is 1. The molecule has 2 aromatic carbocycles. The molecule has 1 amide bonds. The lowest BCUT2D eigenvalue weighted by Crippen LogP contribution is -2.42. The molecule has 0 aromatic heterocycles. The number of amides is 1. The first-order chi connectivity index (χ1) is 11.1. The molecule has 0 unspecified atom stereocenters. The van der Waals surface area contributed by atoms with Crippen molar-refractivity contribution in [2.75, 3.05) is 11.4 Å². The van der Waals surface area contributed by atoms with Crippen LogP contribution in [0.3, 0.4) is 0 Å². The standard InChI is InChI=1S/C19H21ClN2O/c1-13-11-15-7-3-6-10-18(15)22(13)19(23)12-21-14(2)16-8-4-5-9-17(16)20/h3-10,13-14,21H,11-12H2,1-2H3/t13-,14-/m0/s1. The Balaban J connectivity index is 1.67. The number of hydrogen-bond donors (Lipinski definition) is 1. The van der Waals surface area contributed by atoms with E-state index in [0.717, 1.165) is 22.7 Å². The quantitative estimate of drug-likeness (QED) is 0.921. The lowest BCUT2D eigenvalue weighted by Gasteiger charge is -2.24. The highest BCUT2D eigenvalue weighted by Crippen LogP contribution is 2.31. The van der Waals surface area contributed by atoms with Crippen molar-refractivity contribution in [1.29, 1.82) is 0 Å². The number of carbonyl (C=O) groups is 1. The molecule has 0 bridgehead atoms. The van der Waals surface area contributed by atoms with Gasteiger partial charge in [0.2, 0.25) is 5.91 Å². The van der Waals surface area contributed by atoms with Gasteiger partial charge in [-0.3, -0.25) is 4.79 Å². The lowest BCUT2D eigenvalue weighted by atomic mass is 10.1. The molecular weight excluding hydrogens is 308 g/mol. The Labute approximate surface area is 142 Å². The van der Waals surface area contributed by atoms with Gasteiger partial charge in [0.25, 0.3) is 0 Å². The van der Waals surface area contributed by atoms with Crippen LogP contribution in [0.15, 0.2) is 48.5 Å². The number of anilines is 1. The molecule has 1 aliphatic rings. The van der Waals surface area contributed by atoms with Crippen LogP contribution in [0.2, 0.25) is 5.02 Å².